The highest BCUT2D eigenvalue weighted by Crippen LogP contribution is 2.23. The Morgan fingerprint density at radius 1 is 1.19 bits per heavy atom. The molecule has 0 saturated carbocycles. The molecular formula is C27H37N5O5. The molecule has 0 spiro atoms. The minimum Gasteiger partial charge on any atom is -0.494 e. The van der Waals surface area contributed by atoms with Crippen LogP contribution in [-0.2, 0) is 25.7 Å². The van der Waals surface area contributed by atoms with Gasteiger partial charge in [-0.15, -0.1) is 0 Å². The normalized spacial score (nSPS) is 21.9. The minimum atomic E-state index is -0.687. The first-order chi connectivity index (χ1) is 17.9. The molecule has 1 saturated heterocycles. The molecular weight excluding hydrogens is 474 g/mol. The molecule has 10 heteroatoms. The summed E-state index contributed by atoms with van der Waals surface area (Å²) in [5, 5.41) is 5.81. The standard InChI is InChI=1S/C27H37N5O5/c1-19(2)16-22-26(34)29-10-13-31-12-9-28-25(31)20-6-3-7-21(17-20)36-15-5-11-32(18-24(33)30-22)27(35)23-8-4-14-37-23/h3,6-7,9,12,17,19,22-23H,4-5,8,10-11,13-16,18H2,1-2H3,(H,29,34)(H,30,33)/t22-,23+/m1/s1. The van der Waals surface area contributed by atoms with Gasteiger partial charge < -0.3 is 29.6 Å². The first kappa shape index (κ1) is 26.7. The molecule has 0 radical (unpaired) electrons. The molecule has 1 aromatic carbocycles. The molecule has 37 heavy (non-hydrogen) atoms. The lowest BCUT2D eigenvalue weighted by atomic mass is 10.0. The van der Waals surface area contributed by atoms with Crippen LogP contribution in [0.1, 0.15) is 39.5 Å². The van der Waals surface area contributed by atoms with E-state index in [1.165, 1.54) is 4.90 Å². The van der Waals surface area contributed by atoms with Crippen LogP contribution in [0.5, 0.6) is 5.75 Å². The first-order valence-electron chi connectivity index (χ1n) is 13.1. The lowest BCUT2D eigenvalue weighted by Crippen LogP contribution is -2.52. The van der Waals surface area contributed by atoms with E-state index < -0.39 is 12.1 Å². The van der Waals surface area contributed by atoms with Crippen molar-refractivity contribution in [2.24, 2.45) is 5.92 Å². The fraction of sp³-hybridized carbons (Fsp3) is 0.556. The van der Waals surface area contributed by atoms with E-state index in [1.807, 2.05) is 48.9 Å². The second kappa shape index (κ2) is 12.7. The molecule has 0 aliphatic carbocycles. The van der Waals surface area contributed by atoms with Crippen molar-refractivity contribution in [1.82, 2.24) is 25.1 Å². The lowest BCUT2D eigenvalue weighted by Gasteiger charge is -2.27. The summed E-state index contributed by atoms with van der Waals surface area (Å²) in [7, 11) is 0. The summed E-state index contributed by atoms with van der Waals surface area (Å²) in [4.78, 5) is 45.2. The van der Waals surface area contributed by atoms with E-state index in [0.29, 0.717) is 57.9 Å². The number of nitrogens with one attached hydrogen (secondary N) is 2. The van der Waals surface area contributed by atoms with E-state index in [0.717, 1.165) is 17.8 Å². The van der Waals surface area contributed by atoms with Crippen molar-refractivity contribution in [2.75, 3.05) is 32.8 Å². The molecule has 1 aromatic heterocycles. The Hall–Kier alpha value is -3.40. The Balaban J connectivity index is 1.55. The highest BCUT2D eigenvalue weighted by molar-refractivity contribution is 5.91. The van der Waals surface area contributed by atoms with Crippen LogP contribution in [0.15, 0.2) is 36.7 Å². The van der Waals surface area contributed by atoms with Gasteiger partial charge in [-0.1, -0.05) is 26.0 Å². The van der Waals surface area contributed by atoms with Gasteiger partial charge in [0.1, 0.15) is 23.7 Å². The Bertz CT molecular complexity index is 1080. The maximum atomic E-state index is 13.1. The van der Waals surface area contributed by atoms with Gasteiger partial charge in [-0.05, 0) is 43.7 Å². The van der Waals surface area contributed by atoms with Gasteiger partial charge in [0.25, 0.3) is 5.91 Å². The molecule has 2 aliphatic heterocycles. The number of aromatic nitrogens is 2. The molecule has 10 nitrogen and oxygen atoms in total. The summed E-state index contributed by atoms with van der Waals surface area (Å²) in [5.41, 5.74) is 0.912. The number of rotatable bonds is 3. The summed E-state index contributed by atoms with van der Waals surface area (Å²) in [6, 6.07) is 7.01. The van der Waals surface area contributed by atoms with E-state index in [9.17, 15) is 14.4 Å². The molecule has 2 N–H and O–H groups in total. The van der Waals surface area contributed by atoms with Gasteiger partial charge in [-0.3, -0.25) is 14.4 Å². The molecule has 1 fully saturated rings. The Labute approximate surface area is 217 Å². The van der Waals surface area contributed by atoms with Crippen molar-refractivity contribution in [2.45, 2.75) is 58.2 Å². The predicted octanol–water partition coefficient (Wildman–Crippen LogP) is 1.99. The molecule has 2 aromatic rings. The lowest BCUT2D eigenvalue weighted by molar-refractivity contribution is -0.144. The van der Waals surface area contributed by atoms with Crippen molar-refractivity contribution < 1.29 is 23.9 Å². The molecule has 3 heterocycles. The fourth-order valence-electron chi connectivity index (χ4n) is 4.70. The molecule has 3 amide bonds. The SMILES string of the molecule is CC(C)C[C@H]1NC(=O)CN(C(=O)[C@@H]2CCCO2)CCCOc2cccc(c2)-c2nccn2CCNC1=O. The van der Waals surface area contributed by atoms with Gasteiger partial charge >= 0.3 is 0 Å². The second-order valence-corrected chi connectivity index (χ2v) is 9.98. The van der Waals surface area contributed by atoms with Crippen molar-refractivity contribution in [1.29, 1.82) is 0 Å². The van der Waals surface area contributed by atoms with E-state index in [-0.39, 0.29) is 30.2 Å². The molecule has 2 aliphatic rings. The zero-order chi connectivity index (χ0) is 26.2. The highest BCUT2D eigenvalue weighted by atomic mass is 16.5. The van der Waals surface area contributed by atoms with Crippen LogP contribution in [0, 0.1) is 5.92 Å². The van der Waals surface area contributed by atoms with E-state index in [4.69, 9.17) is 9.47 Å². The van der Waals surface area contributed by atoms with Crippen LogP contribution in [0.3, 0.4) is 0 Å². The molecule has 200 valence electrons. The number of ether oxygens (including phenoxy) is 2. The predicted molar refractivity (Wildman–Crippen MR) is 138 cm³/mol. The third-order valence-corrected chi connectivity index (χ3v) is 6.51. The summed E-state index contributed by atoms with van der Waals surface area (Å²) in [6.07, 6.45) is 5.59. The molecule has 4 rings (SSSR count). The third-order valence-electron chi connectivity index (χ3n) is 6.51. The van der Waals surface area contributed by atoms with Crippen molar-refractivity contribution in [3.8, 4) is 17.1 Å². The Morgan fingerprint density at radius 2 is 2.05 bits per heavy atom. The Morgan fingerprint density at radius 3 is 2.84 bits per heavy atom. The van der Waals surface area contributed by atoms with Crippen LogP contribution in [-0.4, -0.2) is 77.2 Å². The van der Waals surface area contributed by atoms with Crippen LogP contribution in [0.25, 0.3) is 11.4 Å². The smallest absolute Gasteiger partial charge is 0.252 e. The largest absolute Gasteiger partial charge is 0.494 e. The van der Waals surface area contributed by atoms with Crippen LogP contribution >= 0.6 is 0 Å². The fourth-order valence-corrected chi connectivity index (χ4v) is 4.70. The van der Waals surface area contributed by atoms with Gasteiger partial charge in [0.15, 0.2) is 0 Å². The van der Waals surface area contributed by atoms with Crippen molar-refractivity contribution >= 4 is 17.7 Å². The van der Waals surface area contributed by atoms with E-state index in [2.05, 4.69) is 15.6 Å². The number of hydrogen-bond donors (Lipinski definition) is 2. The molecule has 2 atom stereocenters. The monoisotopic (exact) mass is 511 g/mol. The van der Waals surface area contributed by atoms with Crippen LogP contribution < -0.4 is 15.4 Å². The van der Waals surface area contributed by atoms with E-state index >= 15 is 0 Å². The average molecular weight is 512 g/mol. The second-order valence-electron chi connectivity index (χ2n) is 9.98. The Kier molecular flexibility index (Phi) is 9.16. The number of amides is 3. The quantitative estimate of drug-likeness (QED) is 0.651. The average Bonchev–Trinajstić information content (AvgIpc) is 3.57. The van der Waals surface area contributed by atoms with Gasteiger partial charge in [-0.25, -0.2) is 4.98 Å². The van der Waals surface area contributed by atoms with Gasteiger partial charge in [-0.2, -0.15) is 0 Å². The zero-order valence-electron chi connectivity index (χ0n) is 21.7. The number of benzene rings is 1. The van der Waals surface area contributed by atoms with Gasteiger partial charge in [0.05, 0.1) is 13.2 Å². The summed E-state index contributed by atoms with van der Waals surface area (Å²) in [5.74, 6) is 0.883. The maximum Gasteiger partial charge on any atom is 0.252 e. The summed E-state index contributed by atoms with van der Waals surface area (Å²) in [6.45, 7) is 6.06. The number of nitrogens with zero attached hydrogens (tertiary/aromatic N) is 3. The minimum absolute atomic E-state index is 0.131. The maximum absolute atomic E-state index is 13.1. The van der Waals surface area contributed by atoms with Crippen LogP contribution in [0.4, 0.5) is 0 Å². The first-order valence-corrected chi connectivity index (χ1v) is 13.1. The highest BCUT2D eigenvalue weighted by Gasteiger charge is 2.30. The molecule has 0 unspecified atom stereocenters. The number of carbonyl (C=O) groups is 3. The van der Waals surface area contributed by atoms with Crippen molar-refractivity contribution in [3.05, 3.63) is 36.7 Å². The molecule has 2 bridgehead atoms. The number of fused-ring (bicyclic) bond motifs is 4. The van der Waals surface area contributed by atoms with Gasteiger partial charge in [0.2, 0.25) is 11.8 Å². The number of hydrogen-bond acceptors (Lipinski definition) is 6. The number of imidazole rings is 1. The van der Waals surface area contributed by atoms with Crippen LogP contribution in [0.2, 0.25) is 0 Å². The zero-order valence-corrected chi connectivity index (χ0v) is 21.7. The summed E-state index contributed by atoms with van der Waals surface area (Å²) < 4.78 is 13.5. The topological polar surface area (TPSA) is 115 Å². The van der Waals surface area contributed by atoms with E-state index in [1.54, 1.807) is 6.20 Å². The summed E-state index contributed by atoms with van der Waals surface area (Å²) >= 11 is 0. The number of carbonyl (C=O) groups excluding carboxylic acids is 3. The van der Waals surface area contributed by atoms with Crippen molar-refractivity contribution in [3.63, 3.8) is 0 Å². The third kappa shape index (κ3) is 7.31. The van der Waals surface area contributed by atoms with Gasteiger partial charge in [0, 0.05) is 44.2 Å².